The summed E-state index contributed by atoms with van der Waals surface area (Å²) in [6.45, 7) is 1.87. The third-order valence-corrected chi connectivity index (χ3v) is 6.54. The number of carbonyl (C=O) groups is 2. The van der Waals surface area contributed by atoms with Crippen molar-refractivity contribution in [3.8, 4) is 0 Å². The average Bonchev–Trinajstić information content (AvgIpc) is 3.46. The Labute approximate surface area is 195 Å². The van der Waals surface area contributed by atoms with Crippen molar-refractivity contribution in [2.75, 3.05) is 10.6 Å². The van der Waals surface area contributed by atoms with Crippen molar-refractivity contribution >= 4 is 39.5 Å². The molecule has 1 fully saturated rings. The van der Waals surface area contributed by atoms with Gasteiger partial charge in [0, 0.05) is 17.4 Å². The lowest BCUT2D eigenvalue weighted by Crippen LogP contribution is -2.44. The maximum absolute atomic E-state index is 13.9. The molecule has 0 radical (unpaired) electrons. The van der Waals surface area contributed by atoms with E-state index in [0.29, 0.717) is 28.6 Å². The van der Waals surface area contributed by atoms with Gasteiger partial charge in [0.25, 0.3) is 5.91 Å². The number of nitrogens with one attached hydrogen (secondary N) is 3. The summed E-state index contributed by atoms with van der Waals surface area (Å²) in [5.74, 6) is -0.676. The number of nitrogens with zero attached hydrogens (tertiary/aromatic N) is 2. The van der Waals surface area contributed by atoms with Crippen LogP contribution in [0.2, 0.25) is 0 Å². The molecule has 0 spiro atoms. The lowest BCUT2D eigenvalue weighted by atomic mass is 9.97. The molecule has 172 valence electrons. The Morgan fingerprint density at radius 2 is 2.03 bits per heavy atom. The number of halogens is 1. The Morgan fingerprint density at radius 1 is 1.21 bits per heavy atom. The van der Waals surface area contributed by atoms with Crippen LogP contribution in [0, 0.1) is 18.7 Å². The molecule has 1 aliphatic rings. The van der Waals surface area contributed by atoms with E-state index >= 15 is 0 Å². The molecule has 1 saturated carbocycles. The summed E-state index contributed by atoms with van der Waals surface area (Å²) in [7, 11) is 0. The molecule has 7 nitrogen and oxygen atoms in total. The number of carbonyl (C=O) groups excluding carboxylic acids is 2. The molecule has 2 aromatic heterocycles. The second-order valence-corrected chi connectivity index (χ2v) is 9.44. The maximum atomic E-state index is 13.9. The molecule has 3 aromatic rings. The van der Waals surface area contributed by atoms with Gasteiger partial charge >= 0.3 is 0 Å². The first kappa shape index (κ1) is 22.8. The highest BCUT2D eigenvalue weighted by molar-refractivity contribution is 7.15. The molecular formula is C24H26FN5O2S. The van der Waals surface area contributed by atoms with Crippen LogP contribution in [-0.4, -0.2) is 27.8 Å². The van der Waals surface area contributed by atoms with Crippen molar-refractivity contribution in [3.63, 3.8) is 0 Å². The molecule has 2 heterocycles. The van der Waals surface area contributed by atoms with Crippen LogP contribution in [0.5, 0.6) is 0 Å². The van der Waals surface area contributed by atoms with Gasteiger partial charge in [-0.25, -0.2) is 9.37 Å². The first-order valence-corrected chi connectivity index (χ1v) is 11.8. The van der Waals surface area contributed by atoms with Crippen LogP contribution in [0.15, 0.2) is 48.9 Å². The van der Waals surface area contributed by atoms with E-state index in [1.54, 1.807) is 30.5 Å². The van der Waals surface area contributed by atoms with Crippen LogP contribution in [-0.2, 0) is 4.79 Å². The van der Waals surface area contributed by atoms with Gasteiger partial charge in [0.05, 0.1) is 23.1 Å². The predicted molar refractivity (Wildman–Crippen MR) is 127 cm³/mol. The van der Waals surface area contributed by atoms with E-state index < -0.39 is 11.9 Å². The van der Waals surface area contributed by atoms with E-state index in [-0.39, 0.29) is 17.5 Å². The van der Waals surface area contributed by atoms with Gasteiger partial charge in [-0.3, -0.25) is 14.6 Å². The average molecular weight is 468 g/mol. The summed E-state index contributed by atoms with van der Waals surface area (Å²) < 4.78 is 13.9. The van der Waals surface area contributed by atoms with E-state index in [1.165, 1.54) is 23.6 Å². The highest BCUT2D eigenvalue weighted by Gasteiger charge is 2.27. The zero-order valence-electron chi connectivity index (χ0n) is 18.3. The van der Waals surface area contributed by atoms with Gasteiger partial charge in [0.15, 0.2) is 5.82 Å². The minimum atomic E-state index is -0.655. The van der Waals surface area contributed by atoms with Crippen molar-refractivity contribution in [3.05, 3.63) is 65.3 Å². The largest absolute Gasteiger partial charge is 0.353 e. The Hall–Kier alpha value is -3.33. The zero-order chi connectivity index (χ0) is 23.2. The predicted octanol–water partition coefficient (Wildman–Crippen LogP) is 5.05. The van der Waals surface area contributed by atoms with E-state index in [0.717, 1.165) is 36.9 Å². The van der Waals surface area contributed by atoms with Gasteiger partial charge in [-0.05, 0) is 43.5 Å². The Balaban J connectivity index is 1.47. The van der Waals surface area contributed by atoms with Crippen molar-refractivity contribution in [2.24, 2.45) is 5.92 Å². The molecule has 0 saturated heterocycles. The minimum Gasteiger partial charge on any atom is -0.353 e. The zero-order valence-corrected chi connectivity index (χ0v) is 19.1. The first-order valence-electron chi connectivity index (χ1n) is 11.0. The number of benzene rings is 1. The fourth-order valence-corrected chi connectivity index (χ4v) is 4.73. The molecule has 1 aliphatic carbocycles. The third-order valence-electron chi connectivity index (χ3n) is 5.71. The number of hydrogen-bond acceptors (Lipinski definition) is 6. The van der Waals surface area contributed by atoms with E-state index in [2.05, 4.69) is 25.9 Å². The van der Waals surface area contributed by atoms with Crippen LogP contribution in [0.4, 0.5) is 20.8 Å². The highest BCUT2D eigenvalue weighted by Crippen LogP contribution is 2.29. The number of aromatic nitrogens is 2. The van der Waals surface area contributed by atoms with Crippen LogP contribution < -0.4 is 16.0 Å². The second-order valence-electron chi connectivity index (χ2n) is 8.21. The number of pyridine rings is 1. The number of anilines is 3. The van der Waals surface area contributed by atoms with Crippen LogP contribution >= 0.6 is 11.3 Å². The number of aryl methyl sites for hydroxylation is 1. The molecule has 3 N–H and O–H groups in total. The smallest absolute Gasteiger partial charge is 0.252 e. The molecule has 1 atom stereocenters. The molecule has 9 heteroatoms. The minimum absolute atomic E-state index is 0.243. The van der Waals surface area contributed by atoms with Gasteiger partial charge in [0.2, 0.25) is 5.91 Å². The Morgan fingerprint density at radius 3 is 2.76 bits per heavy atom. The van der Waals surface area contributed by atoms with E-state index in [9.17, 15) is 14.0 Å². The summed E-state index contributed by atoms with van der Waals surface area (Å²) in [5.41, 5.74) is 1.21. The normalized spacial score (nSPS) is 14.6. The van der Waals surface area contributed by atoms with Crippen molar-refractivity contribution in [1.82, 2.24) is 15.3 Å². The Bertz CT molecular complexity index is 1130. The number of hydrogen-bond donors (Lipinski definition) is 3. The van der Waals surface area contributed by atoms with Crippen LogP contribution in [0.3, 0.4) is 0 Å². The SMILES string of the molecule is Cc1ncc(NC(=O)[C@H](CC2CCCC2)NC(=O)c2cccc(Nc3ccncc3F)c2)s1. The van der Waals surface area contributed by atoms with Gasteiger partial charge in [-0.1, -0.05) is 31.7 Å². The fourth-order valence-electron chi connectivity index (χ4n) is 4.05. The van der Waals surface area contributed by atoms with Gasteiger partial charge in [0.1, 0.15) is 11.0 Å². The quantitative estimate of drug-likeness (QED) is 0.431. The molecular weight excluding hydrogens is 441 g/mol. The summed E-state index contributed by atoms with van der Waals surface area (Å²) >= 11 is 1.40. The second kappa shape index (κ2) is 10.5. The summed E-state index contributed by atoms with van der Waals surface area (Å²) in [6.07, 6.45) is 9.26. The van der Waals surface area contributed by atoms with Crippen LogP contribution in [0.25, 0.3) is 0 Å². The first-order chi connectivity index (χ1) is 16.0. The molecule has 0 unspecified atom stereocenters. The summed E-state index contributed by atoms with van der Waals surface area (Å²) in [4.78, 5) is 34.0. The monoisotopic (exact) mass is 467 g/mol. The number of thiazole rings is 1. The van der Waals surface area contributed by atoms with Gasteiger partial charge < -0.3 is 16.0 Å². The third kappa shape index (κ3) is 6.13. The van der Waals surface area contributed by atoms with Crippen LogP contribution in [0.1, 0.15) is 47.5 Å². The summed E-state index contributed by atoms with van der Waals surface area (Å²) in [5, 5.41) is 10.3. The molecule has 2 amide bonds. The summed E-state index contributed by atoms with van der Waals surface area (Å²) in [6, 6.07) is 7.61. The van der Waals surface area contributed by atoms with Gasteiger partial charge in [-0.15, -0.1) is 11.3 Å². The van der Waals surface area contributed by atoms with Crippen molar-refractivity contribution < 1.29 is 14.0 Å². The maximum Gasteiger partial charge on any atom is 0.252 e. The molecule has 4 rings (SSSR count). The standard InChI is InChI=1S/C24H26FN5O2S/c1-15-27-14-22(33-15)30-24(32)21(11-16-5-2-3-6-16)29-23(31)17-7-4-8-18(12-17)28-20-9-10-26-13-19(20)25/h4,7-10,12-14,16,21H,2-3,5-6,11H2,1H3,(H,26,28)(H,29,31)(H,30,32)/t21-/m0/s1. The van der Waals surface area contributed by atoms with E-state index in [4.69, 9.17) is 0 Å². The van der Waals surface area contributed by atoms with Gasteiger partial charge in [-0.2, -0.15) is 0 Å². The highest BCUT2D eigenvalue weighted by atomic mass is 32.1. The molecule has 0 aliphatic heterocycles. The molecule has 33 heavy (non-hydrogen) atoms. The topological polar surface area (TPSA) is 96.0 Å². The Kier molecular flexibility index (Phi) is 7.29. The van der Waals surface area contributed by atoms with Crippen molar-refractivity contribution in [2.45, 2.75) is 45.1 Å². The van der Waals surface area contributed by atoms with Crippen molar-refractivity contribution in [1.29, 1.82) is 0 Å². The number of amides is 2. The fraction of sp³-hybridized carbons (Fsp3) is 0.333. The number of rotatable bonds is 8. The lowest BCUT2D eigenvalue weighted by Gasteiger charge is -2.21. The molecule has 1 aromatic carbocycles. The lowest BCUT2D eigenvalue weighted by molar-refractivity contribution is -0.118. The van der Waals surface area contributed by atoms with E-state index in [1.807, 2.05) is 6.92 Å². The molecule has 0 bridgehead atoms.